The maximum absolute atomic E-state index is 4.78. The van der Waals surface area contributed by atoms with E-state index < -0.39 is 0 Å². The Kier molecular flexibility index (Phi) is 5.93. The van der Waals surface area contributed by atoms with Crippen molar-refractivity contribution in [2.75, 3.05) is 0 Å². The van der Waals surface area contributed by atoms with Crippen LogP contribution in [0.5, 0.6) is 0 Å². The molecule has 108 valence electrons. The van der Waals surface area contributed by atoms with Gasteiger partial charge < -0.3 is 0 Å². The number of hydrogen-bond acceptors (Lipinski definition) is 1. The van der Waals surface area contributed by atoms with Crippen LogP contribution in [0.2, 0.25) is 0 Å². The van der Waals surface area contributed by atoms with Gasteiger partial charge in [-0.3, -0.25) is 4.68 Å². The molecule has 1 aromatic rings. The summed E-state index contributed by atoms with van der Waals surface area (Å²) in [4.78, 5) is 0.632. The Labute approximate surface area is 126 Å². The van der Waals surface area contributed by atoms with Crippen molar-refractivity contribution in [3.63, 3.8) is 0 Å². The maximum Gasteiger partial charge on any atom is 0.0625 e. The smallest absolute Gasteiger partial charge is 0.0625 e. The van der Waals surface area contributed by atoms with Gasteiger partial charge in [-0.05, 0) is 44.1 Å². The predicted molar refractivity (Wildman–Crippen MR) is 84.8 cm³/mol. The summed E-state index contributed by atoms with van der Waals surface area (Å²) in [7, 11) is 0. The second kappa shape index (κ2) is 7.47. The number of aromatic nitrogens is 2. The van der Waals surface area contributed by atoms with Crippen LogP contribution in [0.1, 0.15) is 70.5 Å². The van der Waals surface area contributed by atoms with E-state index >= 15 is 0 Å². The highest BCUT2D eigenvalue weighted by Gasteiger charge is 2.16. The van der Waals surface area contributed by atoms with Crippen LogP contribution in [0.3, 0.4) is 0 Å². The van der Waals surface area contributed by atoms with E-state index in [0.29, 0.717) is 10.9 Å². The summed E-state index contributed by atoms with van der Waals surface area (Å²) in [6.45, 7) is 4.57. The summed E-state index contributed by atoms with van der Waals surface area (Å²) < 4.78 is 2.22. The number of halogens is 1. The minimum atomic E-state index is 0.632. The maximum atomic E-state index is 4.78. The first-order valence-electron chi connectivity index (χ1n) is 7.83. The molecule has 1 saturated carbocycles. The van der Waals surface area contributed by atoms with E-state index in [1.165, 1.54) is 50.6 Å². The third-order valence-electron chi connectivity index (χ3n) is 4.05. The van der Waals surface area contributed by atoms with Gasteiger partial charge in [-0.1, -0.05) is 49.0 Å². The molecule has 0 spiro atoms. The molecule has 0 saturated heterocycles. The third kappa shape index (κ3) is 4.94. The van der Waals surface area contributed by atoms with Crippen LogP contribution >= 0.6 is 15.9 Å². The summed E-state index contributed by atoms with van der Waals surface area (Å²) in [5.74, 6) is 0.768. The van der Waals surface area contributed by atoms with E-state index in [1.54, 1.807) is 0 Å². The van der Waals surface area contributed by atoms with E-state index in [-0.39, 0.29) is 0 Å². The highest BCUT2D eigenvalue weighted by molar-refractivity contribution is 9.09. The largest absolute Gasteiger partial charge is 0.269 e. The van der Waals surface area contributed by atoms with E-state index in [0.717, 1.165) is 12.3 Å². The van der Waals surface area contributed by atoms with Crippen molar-refractivity contribution >= 4 is 15.9 Å². The molecule has 0 aliphatic heterocycles. The molecule has 1 atom stereocenters. The lowest BCUT2D eigenvalue weighted by molar-refractivity contribution is 0.328. The molecule has 2 rings (SSSR count). The van der Waals surface area contributed by atoms with Crippen molar-refractivity contribution in [2.45, 2.75) is 76.1 Å². The lowest BCUT2D eigenvalue weighted by Crippen LogP contribution is -2.13. The summed E-state index contributed by atoms with van der Waals surface area (Å²) in [5.41, 5.74) is 1.26. The summed E-state index contributed by atoms with van der Waals surface area (Å²) in [6, 6.07) is 2.88. The molecule has 0 radical (unpaired) electrons. The Bertz CT molecular complexity index is 367. The number of nitrogens with zero attached hydrogens (tertiary/aromatic N) is 2. The number of hydrogen-bond donors (Lipinski definition) is 0. The van der Waals surface area contributed by atoms with Gasteiger partial charge in [0.25, 0.3) is 0 Å². The van der Waals surface area contributed by atoms with Gasteiger partial charge in [0.2, 0.25) is 0 Å². The van der Waals surface area contributed by atoms with Gasteiger partial charge in [-0.2, -0.15) is 5.10 Å². The van der Waals surface area contributed by atoms with Crippen molar-refractivity contribution in [3.8, 4) is 0 Å². The highest BCUT2D eigenvalue weighted by Crippen LogP contribution is 2.27. The first kappa shape index (κ1) is 15.1. The average Bonchev–Trinajstić information content (AvgIpc) is 2.85. The SMILES string of the molecule is CC(C)CC(Br)CCc1ccn(C2CCCCC2)n1. The van der Waals surface area contributed by atoms with Crippen LogP contribution in [-0.2, 0) is 6.42 Å². The highest BCUT2D eigenvalue weighted by atomic mass is 79.9. The monoisotopic (exact) mass is 326 g/mol. The van der Waals surface area contributed by atoms with Crippen molar-refractivity contribution in [3.05, 3.63) is 18.0 Å². The molecule has 1 unspecified atom stereocenters. The van der Waals surface area contributed by atoms with Crippen molar-refractivity contribution in [1.82, 2.24) is 9.78 Å². The topological polar surface area (TPSA) is 17.8 Å². The van der Waals surface area contributed by atoms with Crippen molar-refractivity contribution in [2.24, 2.45) is 5.92 Å². The van der Waals surface area contributed by atoms with Gasteiger partial charge >= 0.3 is 0 Å². The normalized spacial score (nSPS) is 18.9. The molecule has 2 nitrogen and oxygen atoms in total. The van der Waals surface area contributed by atoms with Crippen LogP contribution in [-0.4, -0.2) is 14.6 Å². The molecule has 0 N–H and O–H groups in total. The van der Waals surface area contributed by atoms with E-state index in [1.807, 2.05) is 0 Å². The minimum Gasteiger partial charge on any atom is -0.269 e. The zero-order valence-electron chi connectivity index (χ0n) is 12.3. The lowest BCUT2D eigenvalue weighted by Gasteiger charge is -2.21. The zero-order chi connectivity index (χ0) is 13.7. The van der Waals surface area contributed by atoms with Gasteiger partial charge in [0, 0.05) is 11.0 Å². The molecule has 0 bridgehead atoms. The molecule has 1 aromatic heterocycles. The first-order chi connectivity index (χ1) is 9.15. The second-order valence-electron chi connectivity index (χ2n) is 6.34. The lowest BCUT2D eigenvalue weighted by atomic mass is 9.96. The first-order valence-corrected chi connectivity index (χ1v) is 8.75. The molecule has 3 heteroatoms. The van der Waals surface area contributed by atoms with Gasteiger partial charge in [0.15, 0.2) is 0 Å². The summed E-state index contributed by atoms with van der Waals surface area (Å²) in [5, 5.41) is 4.78. The Morgan fingerprint density at radius 3 is 2.74 bits per heavy atom. The van der Waals surface area contributed by atoms with Crippen LogP contribution in [0.15, 0.2) is 12.3 Å². The van der Waals surface area contributed by atoms with Crippen molar-refractivity contribution in [1.29, 1.82) is 0 Å². The molecule has 19 heavy (non-hydrogen) atoms. The van der Waals surface area contributed by atoms with Crippen LogP contribution < -0.4 is 0 Å². The number of aryl methyl sites for hydroxylation is 1. The van der Waals surface area contributed by atoms with Crippen LogP contribution in [0.25, 0.3) is 0 Å². The molecule has 0 amide bonds. The van der Waals surface area contributed by atoms with E-state index in [4.69, 9.17) is 5.10 Å². The molecular formula is C16H27BrN2. The molecule has 1 heterocycles. The Balaban J connectivity index is 1.80. The minimum absolute atomic E-state index is 0.632. The fourth-order valence-corrected chi connectivity index (χ4v) is 3.97. The Morgan fingerprint density at radius 1 is 1.32 bits per heavy atom. The van der Waals surface area contributed by atoms with Crippen LogP contribution in [0.4, 0.5) is 0 Å². The average molecular weight is 327 g/mol. The van der Waals surface area contributed by atoms with Gasteiger partial charge in [-0.15, -0.1) is 0 Å². The summed E-state index contributed by atoms with van der Waals surface area (Å²) in [6.07, 6.45) is 12.5. The number of alkyl halides is 1. The molecule has 1 aliphatic rings. The van der Waals surface area contributed by atoms with Crippen molar-refractivity contribution < 1.29 is 0 Å². The quantitative estimate of drug-likeness (QED) is 0.662. The fraction of sp³-hybridized carbons (Fsp3) is 0.812. The van der Waals surface area contributed by atoms with E-state index in [2.05, 4.69) is 46.7 Å². The standard InChI is InChI=1S/C16H27BrN2/c1-13(2)12-14(17)8-9-15-10-11-19(18-15)16-6-4-3-5-7-16/h10-11,13-14,16H,3-9,12H2,1-2H3. The van der Waals surface area contributed by atoms with Gasteiger partial charge in [0.1, 0.15) is 0 Å². The third-order valence-corrected chi connectivity index (χ3v) is 4.88. The van der Waals surface area contributed by atoms with Gasteiger partial charge in [0.05, 0.1) is 11.7 Å². The van der Waals surface area contributed by atoms with Crippen LogP contribution in [0, 0.1) is 5.92 Å². The molecule has 0 aromatic carbocycles. The zero-order valence-corrected chi connectivity index (χ0v) is 13.9. The fourth-order valence-electron chi connectivity index (χ4n) is 2.99. The molecular weight excluding hydrogens is 300 g/mol. The molecule has 1 aliphatic carbocycles. The number of rotatable bonds is 6. The molecule has 1 fully saturated rings. The Hall–Kier alpha value is -0.310. The second-order valence-corrected chi connectivity index (χ2v) is 7.64. The Morgan fingerprint density at radius 2 is 2.05 bits per heavy atom. The van der Waals surface area contributed by atoms with E-state index in [9.17, 15) is 0 Å². The predicted octanol–water partition coefficient (Wildman–Crippen LogP) is 5.13. The van der Waals surface area contributed by atoms with Gasteiger partial charge in [-0.25, -0.2) is 0 Å². The summed E-state index contributed by atoms with van der Waals surface area (Å²) >= 11 is 3.78.